The zero-order valence-electron chi connectivity index (χ0n) is 9.73. The van der Waals surface area contributed by atoms with Gasteiger partial charge < -0.3 is 14.4 Å². The first-order valence-electron chi connectivity index (χ1n) is 6.29. The fourth-order valence-electron chi connectivity index (χ4n) is 2.84. The molecule has 17 heavy (non-hydrogen) atoms. The smallest absolute Gasteiger partial charge is 0.132 e. The van der Waals surface area contributed by atoms with Gasteiger partial charge in [-0.25, -0.2) is 4.98 Å². The number of aromatic nitrogens is 2. The molecule has 2 aliphatic rings. The summed E-state index contributed by atoms with van der Waals surface area (Å²) in [6, 6.07) is 0. The zero-order chi connectivity index (χ0) is 11.8. The maximum absolute atomic E-state index is 10.2. The molecule has 0 amide bonds. The summed E-state index contributed by atoms with van der Waals surface area (Å²) in [5.74, 6) is 1.48. The summed E-state index contributed by atoms with van der Waals surface area (Å²) in [7, 11) is 0. The maximum Gasteiger partial charge on any atom is 0.132 e. The van der Waals surface area contributed by atoms with E-state index in [1.54, 1.807) is 0 Å². The van der Waals surface area contributed by atoms with Gasteiger partial charge >= 0.3 is 0 Å². The molecule has 2 aliphatic heterocycles. The molecule has 0 aromatic carbocycles. The van der Waals surface area contributed by atoms with Gasteiger partial charge in [0.05, 0.1) is 5.69 Å². The molecule has 1 fully saturated rings. The molecule has 1 N–H and O–H groups in total. The van der Waals surface area contributed by atoms with Gasteiger partial charge in [-0.2, -0.15) is 0 Å². The second kappa shape index (κ2) is 4.71. The number of ether oxygens (including phenoxy) is 1. The highest BCUT2D eigenvalue weighted by molar-refractivity contribution is 9.10. The number of hydrogen-bond donors (Lipinski definition) is 1. The Labute approximate surface area is 109 Å². The van der Waals surface area contributed by atoms with Gasteiger partial charge in [0.2, 0.25) is 0 Å². The number of hydrogen-bond acceptors (Lipinski definition) is 3. The minimum atomic E-state index is -0.393. The highest BCUT2D eigenvalue weighted by Crippen LogP contribution is 2.35. The molecule has 1 aromatic rings. The summed E-state index contributed by atoms with van der Waals surface area (Å²) in [6.07, 6.45) is 4.51. The van der Waals surface area contributed by atoms with Crippen molar-refractivity contribution in [3.8, 4) is 0 Å². The third-order valence-corrected chi connectivity index (χ3v) is 4.38. The Hall–Kier alpha value is -0.390. The van der Waals surface area contributed by atoms with Gasteiger partial charge in [-0.1, -0.05) is 0 Å². The average molecular weight is 301 g/mol. The normalized spacial score (nSPS) is 25.9. The van der Waals surface area contributed by atoms with Crippen LogP contribution >= 0.6 is 15.9 Å². The number of halogens is 1. The van der Waals surface area contributed by atoms with Crippen molar-refractivity contribution in [2.45, 2.75) is 44.2 Å². The fraction of sp³-hybridized carbons (Fsp3) is 0.750. The van der Waals surface area contributed by atoms with Crippen LogP contribution in [0.4, 0.5) is 0 Å². The first-order valence-corrected chi connectivity index (χ1v) is 7.09. The molecule has 1 saturated heterocycles. The van der Waals surface area contributed by atoms with Crippen molar-refractivity contribution >= 4 is 15.9 Å². The first-order chi connectivity index (χ1) is 8.27. The number of imidazole rings is 1. The van der Waals surface area contributed by atoms with E-state index in [1.807, 2.05) is 4.57 Å². The third-order valence-electron chi connectivity index (χ3n) is 3.75. The summed E-state index contributed by atoms with van der Waals surface area (Å²) in [6.45, 7) is 1.61. The molecular weight excluding hydrogens is 284 g/mol. The van der Waals surface area contributed by atoms with Crippen LogP contribution in [0.5, 0.6) is 0 Å². The van der Waals surface area contributed by atoms with Crippen LogP contribution in [0.1, 0.15) is 49.3 Å². The van der Waals surface area contributed by atoms with E-state index in [-0.39, 0.29) is 0 Å². The Morgan fingerprint density at radius 2 is 2.06 bits per heavy atom. The van der Waals surface area contributed by atoms with Crippen molar-refractivity contribution in [1.82, 2.24) is 9.55 Å². The number of fused-ring (bicyclic) bond motifs is 1. The van der Waals surface area contributed by atoms with E-state index in [0.29, 0.717) is 5.92 Å². The van der Waals surface area contributed by atoms with Crippen molar-refractivity contribution in [1.29, 1.82) is 0 Å². The van der Waals surface area contributed by atoms with Gasteiger partial charge in [0.15, 0.2) is 0 Å². The van der Waals surface area contributed by atoms with Crippen LogP contribution in [-0.4, -0.2) is 27.9 Å². The topological polar surface area (TPSA) is 47.3 Å². The van der Waals surface area contributed by atoms with Crippen LogP contribution < -0.4 is 0 Å². The molecule has 0 radical (unpaired) electrons. The summed E-state index contributed by atoms with van der Waals surface area (Å²) in [4.78, 5) is 4.63. The lowest BCUT2D eigenvalue weighted by atomic mass is 9.98. The van der Waals surface area contributed by atoms with Gasteiger partial charge in [-0.05, 0) is 48.0 Å². The van der Waals surface area contributed by atoms with Gasteiger partial charge in [0, 0.05) is 19.1 Å². The number of rotatable bonds is 1. The monoisotopic (exact) mass is 300 g/mol. The predicted octanol–water partition coefficient (Wildman–Crippen LogP) is 2.37. The Morgan fingerprint density at radius 1 is 1.29 bits per heavy atom. The Balaban J connectivity index is 1.98. The van der Waals surface area contributed by atoms with Gasteiger partial charge in [-0.15, -0.1) is 0 Å². The molecule has 4 nitrogen and oxygen atoms in total. The molecule has 0 bridgehead atoms. The van der Waals surface area contributed by atoms with Crippen LogP contribution in [0.15, 0.2) is 4.60 Å². The second-order valence-electron chi connectivity index (χ2n) is 4.84. The SMILES string of the molecule is OC1CCCc2c(Br)nc(C3CCOCC3)n21. The number of nitrogens with zero attached hydrogens (tertiary/aromatic N) is 2. The van der Waals surface area contributed by atoms with Crippen LogP contribution in [0.2, 0.25) is 0 Å². The number of aliphatic hydroxyl groups is 1. The molecule has 1 atom stereocenters. The zero-order valence-corrected chi connectivity index (χ0v) is 11.3. The molecule has 0 saturated carbocycles. The van der Waals surface area contributed by atoms with Crippen molar-refractivity contribution < 1.29 is 9.84 Å². The van der Waals surface area contributed by atoms with E-state index in [4.69, 9.17) is 4.74 Å². The molecule has 5 heteroatoms. The largest absolute Gasteiger partial charge is 0.381 e. The Kier molecular flexibility index (Phi) is 3.23. The molecule has 94 valence electrons. The molecule has 0 spiro atoms. The molecule has 3 rings (SSSR count). The van der Waals surface area contributed by atoms with Crippen molar-refractivity contribution in [3.63, 3.8) is 0 Å². The maximum atomic E-state index is 10.2. The lowest BCUT2D eigenvalue weighted by molar-refractivity contribution is 0.0606. The summed E-state index contributed by atoms with van der Waals surface area (Å²) >= 11 is 3.52. The van der Waals surface area contributed by atoms with E-state index in [9.17, 15) is 5.11 Å². The minimum Gasteiger partial charge on any atom is -0.381 e. The second-order valence-corrected chi connectivity index (χ2v) is 5.59. The van der Waals surface area contributed by atoms with Crippen molar-refractivity contribution in [2.75, 3.05) is 13.2 Å². The van der Waals surface area contributed by atoms with E-state index >= 15 is 0 Å². The van der Waals surface area contributed by atoms with Crippen LogP contribution in [-0.2, 0) is 11.2 Å². The summed E-state index contributed by atoms with van der Waals surface area (Å²) in [5, 5.41) is 10.2. The van der Waals surface area contributed by atoms with E-state index in [0.717, 1.165) is 61.4 Å². The van der Waals surface area contributed by atoms with E-state index in [1.165, 1.54) is 0 Å². The average Bonchev–Trinajstić information content (AvgIpc) is 2.70. The summed E-state index contributed by atoms with van der Waals surface area (Å²) in [5.41, 5.74) is 1.16. The van der Waals surface area contributed by atoms with Crippen LogP contribution in [0, 0.1) is 0 Å². The minimum absolute atomic E-state index is 0.393. The molecule has 3 heterocycles. The number of aliphatic hydroxyl groups excluding tert-OH is 1. The summed E-state index contributed by atoms with van der Waals surface area (Å²) < 4.78 is 8.35. The molecular formula is C12H17BrN2O2. The van der Waals surface area contributed by atoms with Gasteiger partial charge in [0.25, 0.3) is 0 Å². The van der Waals surface area contributed by atoms with Gasteiger partial charge in [-0.3, -0.25) is 0 Å². The third kappa shape index (κ3) is 2.04. The quantitative estimate of drug-likeness (QED) is 0.866. The Bertz CT molecular complexity index is 413. The van der Waals surface area contributed by atoms with Crippen molar-refractivity contribution in [2.24, 2.45) is 0 Å². The highest BCUT2D eigenvalue weighted by Gasteiger charge is 2.29. The molecule has 1 unspecified atom stereocenters. The Morgan fingerprint density at radius 3 is 2.82 bits per heavy atom. The standard InChI is InChI=1S/C12H17BrN2O2/c13-11-9-2-1-3-10(16)15(9)12(14-11)8-4-6-17-7-5-8/h8,10,16H,1-7H2. The van der Waals surface area contributed by atoms with Crippen LogP contribution in [0.3, 0.4) is 0 Å². The highest BCUT2D eigenvalue weighted by atomic mass is 79.9. The molecule has 1 aromatic heterocycles. The lowest BCUT2D eigenvalue weighted by Crippen LogP contribution is -2.23. The lowest BCUT2D eigenvalue weighted by Gasteiger charge is -2.27. The van der Waals surface area contributed by atoms with E-state index in [2.05, 4.69) is 20.9 Å². The molecule has 0 aliphatic carbocycles. The van der Waals surface area contributed by atoms with E-state index < -0.39 is 6.23 Å². The van der Waals surface area contributed by atoms with Gasteiger partial charge in [0.1, 0.15) is 16.7 Å². The van der Waals surface area contributed by atoms with Crippen molar-refractivity contribution in [3.05, 3.63) is 16.1 Å². The van der Waals surface area contributed by atoms with Crippen LogP contribution in [0.25, 0.3) is 0 Å². The first kappa shape index (κ1) is 11.7. The predicted molar refractivity (Wildman–Crippen MR) is 66.9 cm³/mol. The fourth-order valence-corrected chi connectivity index (χ4v) is 3.41.